The number of phenols is 1. The van der Waals surface area contributed by atoms with E-state index in [9.17, 15) is 14.7 Å². The number of hydrogen-bond donors (Lipinski definition) is 3. The predicted molar refractivity (Wildman–Crippen MR) is 79.2 cm³/mol. The number of carboxylic acid groups (broad SMARTS) is 1. The molecule has 0 spiro atoms. The zero-order valence-corrected chi connectivity index (χ0v) is 12.8. The summed E-state index contributed by atoms with van der Waals surface area (Å²) in [6.45, 7) is 3.76. The lowest BCUT2D eigenvalue weighted by Crippen LogP contribution is -2.41. The van der Waals surface area contributed by atoms with Crippen LogP contribution in [0.3, 0.4) is 0 Å². The molecule has 1 amide bonds. The number of carbonyl (C=O) groups excluding carboxylic acids is 1. The molecule has 1 aromatic carbocycles. The second kappa shape index (κ2) is 6.74. The van der Waals surface area contributed by atoms with Gasteiger partial charge in [0.15, 0.2) is 0 Å². The molecule has 0 aliphatic carbocycles. The van der Waals surface area contributed by atoms with Crippen molar-refractivity contribution in [2.75, 3.05) is 0 Å². The molecule has 0 heterocycles. The first-order valence-corrected chi connectivity index (χ1v) is 6.91. The zero-order chi connectivity index (χ0) is 14.6. The molecule has 0 fully saturated rings. The Morgan fingerprint density at radius 2 is 2.00 bits per heavy atom. The Morgan fingerprint density at radius 3 is 2.53 bits per heavy atom. The van der Waals surface area contributed by atoms with Crippen LogP contribution in [0.25, 0.3) is 0 Å². The van der Waals surface area contributed by atoms with Crippen molar-refractivity contribution < 1.29 is 19.8 Å². The molecule has 0 bridgehead atoms. The Morgan fingerprint density at radius 1 is 1.37 bits per heavy atom. The molecule has 104 valence electrons. The van der Waals surface area contributed by atoms with E-state index >= 15 is 0 Å². The van der Waals surface area contributed by atoms with E-state index in [-0.39, 0.29) is 17.2 Å². The maximum Gasteiger partial charge on any atom is 0.326 e. The number of nitrogens with one attached hydrogen (secondary N) is 1. The largest absolute Gasteiger partial charge is 0.507 e. The molecule has 0 aliphatic heterocycles. The third-order valence-corrected chi connectivity index (χ3v) is 3.18. The molecular weight excluding hydrogens is 361 g/mol. The first-order chi connectivity index (χ1) is 8.81. The molecule has 0 saturated carbocycles. The van der Waals surface area contributed by atoms with Gasteiger partial charge in [0, 0.05) is 3.57 Å². The van der Waals surface area contributed by atoms with Gasteiger partial charge in [-0.15, -0.1) is 0 Å². The molecule has 1 atom stereocenters. The highest BCUT2D eigenvalue weighted by Gasteiger charge is 2.23. The number of carboxylic acids is 1. The SMILES string of the molecule is CC(C)C[C@H](NC(=O)c1cc(I)ccc1O)C(=O)O. The van der Waals surface area contributed by atoms with Crippen LogP contribution in [0.2, 0.25) is 0 Å². The number of carbonyl (C=O) groups is 2. The van der Waals surface area contributed by atoms with Crippen LogP contribution in [-0.2, 0) is 4.79 Å². The fourth-order valence-electron chi connectivity index (χ4n) is 1.62. The molecule has 0 unspecified atom stereocenters. The summed E-state index contributed by atoms with van der Waals surface area (Å²) < 4.78 is 0.788. The molecule has 5 nitrogen and oxygen atoms in total. The zero-order valence-electron chi connectivity index (χ0n) is 10.7. The topological polar surface area (TPSA) is 86.6 Å². The number of hydrogen-bond acceptors (Lipinski definition) is 3. The Hall–Kier alpha value is -1.31. The van der Waals surface area contributed by atoms with E-state index in [0.29, 0.717) is 6.42 Å². The Labute approximate surface area is 125 Å². The Bertz CT molecular complexity index is 488. The number of amides is 1. The number of phenolic OH excluding ortho intramolecular Hbond substituents is 1. The van der Waals surface area contributed by atoms with Crippen LogP contribution in [0.4, 0.5) is 0 Å². The third-order valence-electron chi connectivity index (χ3n) is 2.51. The van der Waals surface area contributed by atoms with Gasteiger partial charge in [0.05, 0.1) is 5.56 Å². The summed E-state index contributed by atoms with van der Waals surface area (Å²) >= 11 is 2.02. The third kappa shape index (κ3) is 4.70. The summed E-state index contributed by atoms with van der Waals surface area (Å²) in [6, 6.07) is 3.63. The molecule has 0 radical (unpaired) electrons. The van der Waals surface area contributed by atoms with Gasteiger partial charge in [-0.25, -0.2) is 4.79 Å². The van der Waals surface area contributed by atoms with Gasteiger partial charge in [0.2, 0.25) is 0 Å². The average molecular weight is 377 g/mol. The molecular formula is C13H16INO4. The molecule has 19 heavy (non-hydrogen) atoms. The van der Waals surface area contributed by atoms with Gasteiger partial charge in [-0.2, -0.15) is 0 Å². The Balaban J connectivity index is 2.87. The minimum atomic E-state index is -1.08. The monoisotopic (exact) mass is 377 g/mol. The van der Waals surface area contributed by atoms with Crippen molar-refractivity contribution in [3.8, 4) is 5.75 Å². The van der Waals surface area contributed by atoms with Crippen molar-refractivity contribution in [1.29, 1.82) is 0 Å². The van der Waals surface area contributed by atoms with Gasteiger partial charge in [0.25, 0.3) is 5.91 Å². The van der Waals surface area contributed by atoms with Gasteiger partial charge in [-0.1, -0.05) is 13.8 Å². The molecule has 0 aromatic heterocycles. The van der Waals surface area contributed by atoms with E-state index in [1.807, 2.05) is 36.4 Å². The van der Waals surface area contributed by atoms with Crippen molar-refractivity contribution in [1.82, 2.24) is 5.32 Å². The number of rotatable bonds is 5. The second-order valence-corrected chi connectivity index (χ2v) is 5.90. The first-order valence-electron chi connectivity index (χ1n) is 5.83. The maximum absolute atomic E-state index is 12.0. The van der Waals surface area contributed by atoms with Crippen molar-refractivity contribution in [3.63, 3.8) is 0 Å². The van der Waals surface area contributed by atoms with Crippen LogP contribution in [0, 0.1) is 9.49 Å². The molecule has 1 aromatic rings. The highest BCUT2D eigenvalue weighted by Crippen LogP contribution is 2.20. The lowest BCUT2D eigenvalue weighted by molar-refractivity contribution is -0.139. The summed E-state index contributed by atoms with van der Waals surface area (Å²) in [5, 5.41) is 21.1. The number of halogens is 1. The Kier molecular flexibility index (Phi) is 5.59. The van der Waals surface area contributed by atoms with Gasteiger partial charge in [-0.05, 0) is 53.1 Å². The minimum absolute atomic E-state index is 0.0851. The molecule has 1 rings (SSSR count). The highest BCUT2D eigenvalue weighted by atomic mass is 127. The van der Waals surface area contributed by atoms with Gasteiger partial charge in [0.1, 0.15) is 11.8 Å². The van der Waals surface area contributed by atoms with E-state index in [1.54, 1.807) is 6.07 Å². The van der Waals surface area contributed by atoms with Gasteiger partial charge < -0.3 is 15.5 Å². The van der Waals surface area contributed by atoms with Crippen molar-refractivity contribution in [2.24, 2.45) is 5.92 Å². The second-order valence-electron chi connectivity index (χ2n) is 4.66. The van der Waals surface area contributed by atoms with Crippen LogP contribution < -0.4 is 5.32 Å². The molecule has 6 heteroatoms. The van der Waals surface area contributed by atoms with Gasteiger partial charge in [-0.3, -0.25) is 4.79 Å². The quantitative estimate of drug-likeness (QED) is 0.687. The maximum atomic E-state index is 12.0. The molecule has 3 N–H and O–H groups in total. The van der Waals surface area contributed by atoms with Crippen molar-refractivity contribution >= 4 is 34.5 Å². The van der Waals surface area contributed by atoms with Gasteiger partial charge >= 0.3 is 5.97 Å². The summed E-state index contributed by atoms with van der Waals surface area (Å²) in [5.41, 5.74) is 0.0851. The lowest BCUT2D eigenvalue weighted by atomic mass is 10.0. The fourth-order valence-corrected chi connectivity index (χ4v) is 2.11. The first kappa shape index (κ1) is 15.7. The van der Waals surface area contributed by atoms with E-state index < -0.39 is 17.9 Å². The predicted octanol–water partition coefficient (Wildman–Crippen LogP) is 2.23. The molecule has 0 aliphatic rings. The van der Waals surface area contributed by atoms with Crippen LogP contribution in [0.5, 0.6) is 5.75 Å². The molecule has 0 saturated heterocycles. The fraction of sp³-hybridized carbons (Fsp3) is 0.385. The number of benzene rings is 1. The summed E-state index contributed by atoms with van der Waals surface area (Å²) in [7, 11) is 0. The summed E-state index contributed by atoms with van der Waals surface area (Å²) in [6.07, 6.45) is 0.339. The lowest BCUT2D eigenvalue weighted by Gasteiger charge is -2.16. The smallest absolute Gasteiger partial charge is 0.326 e. The van der Waals surface area contributed by atoms with E-state index in [1.165, 1.54) is 12.1 Å². The van der Waals surface area contributed by atoms with Crippen molar-refractivity contribution in [2.45, 2.75) is 26.3 Å². The normalized spacial score (nSPS) is 12.2. The van der Waals surface area contributed by atoms with E-state index in [2.05, 4.69) is 5.32 Å². The number of aromatic hydroxyl groups is 1. The van der Waals surface area contributed by atoms with Crippen LogP contribution in [0.15, 0.2) is 18.2 Å². The average Bonchev–Trinajstić information content (AvgIpc) is 2.30. The minimum Gasteiger partial charge on any atom is -0.507 e. The number of aliphatic carboxylic acids is 1. The highest BCUT2D eigenvalue weighted by molar-refractivity contribution is 14.1. The van der Waals surface area contributed by atoms with Crippen LogP contribution in [0.1, 0.15) is 30.6 Å². The summed E-state index contributed by atoms with van der Waals surface area (Å²) in [4.78, 5) is 23.1. The van der Waals surface area contributed by atoms with E-state index in [4.69, 9.17) is 5.11 Å². The standard InChI is InChI=1S/C13H16INO4/c1-7(2)5-10(13(18)19)15-12(17)9-6-8(14)3-4-11(9)16/h3-4,6-7,10,16H,5H2,1-2H3,(H,15,17)(H,18,19)/t10-/m0/s1. The van der Waals surface area contributed by atoms with Crippen LogP contribution in [-0.4, -0.2) is 28.1 Å². The van der Waals surface area contributed by atoms with Crippen LogP contribution >= 0.6 is 22.6 Å². The summed E-state index contributed by atoms with van der Waals surface area (Å²) in [5.74, 6) is -1.67. The van der Waals surface area contributed by atoms with Crippen molar-refractivity contribution in [3.05, 3.63) is 27.3 Å². The van der Waals surface area contributed by atoms with E-state index in [0.717, 1.165) is 3.57 Å².